The summed E-state index contributed by atoms with van der Waals surface area (Å²) in [7, 11) is 0. The Labute approximate surface area is 103 Å². The Kier molecular flexibility index (Phi) is 5.19. The third-order valence-electron chi connectivity index (χ3n) is 3.04. The predicted molar refractivity (Wildman–Crippen MR) is 65.4 cm³/mol. The molecule has 0 bridgehead atoms. The van der Waals surface area contributed by atoms with Gasteiger partial charge in [-0.3, -0.25) is 4.79 Å². The Morgan fingerprint density at radius 2 is 2.18 bits per heavy atom. The zero-order valence-corrected chi connectivity index (χ0v) is 10.7. The molecule has 1 atom stereocenters. The zero-order chi connectivity index (χ0) is 12.8. The highest BCUT2D eigenvalue weighted by molar-refractivity contribution is 5.95. The lowest BCUT2D eigenvalue weighted by atomic mass is 10.0. The molecule has 0 saturated carbocycles. The van der Waals surface area contributed by atoms with Crippen LogP contribution in [-0.2, 0) is 14.3 Å². The molecule has 96 valence electrons. The van der Waals surface area contributed by atoms with Crippen LogP contribution in [0.1, 0.15) is 39.5 Å². The Morgan fingerprint density at radius 3 is 2.82 bits per heavy atom. The Morgan fingerprint density at radius 1 is 1.47 bits per heavy atom. The van der Waals surface area contributed by atoms with Crippen molar-refractivity contribution in [3.8, 4) is 0 Å². The molecule has 1 fully saturated rings. The van der Waals surface area contributed by atoms with Crippen molar-refractivity contribution in [2.24, 2.45) is 0 Å². The molecule has 1 aliphatic heterocycles. The first-order chi connectivity index (χ1) is 8.07. The van der Waals surface area contributed by atoms with Gasteiger partial charge in [0, 0.05) is 12.1 Å². The number of carbonyl (C=O) groups is 2. The van der Waals surface area contributed by atoms with Gasteiger partial charge in [0.15, 0.2) is 0 Å². The van der Waals surface area contributed by atoms with E-state index in [1.165, 1.54) is 0 Å². The smallest absolute Gasteiger partial charge is 0.328 e. The molecule has 1 saturated heterocycles. The third-order valence-corrected chi connectivity index (χ3v) is 3.04. The van der Waals surface area contributed by atoms with Crippen molar-refractivity contribution in [2.75, 3.05) is 13.2 Å². The van der Waals surface area contributed by atoms with E-state index in [1.807, 2.05) is 0 Å². The van der Waals surface area contributed by atoms with Crippen LogP contribution in [-0.4, -0.2) is 36.0 Å². The molecule has 0 aliphatic carbocycles. The highest BCUT2D eigenvalue weighted by atomic mass is 16.5. The van der Waals surface area contributed by atoms with Crippen LogP contribution in [0.2, 0.25) is 0 Å². The average Bonchev–Trinajstić information content (AvgIpc) is 2.30. The van der Waals surface area contributed by atoms with Gasteiger partial charge < -0.3 is 9.64 Å². The van der Waals surface area contributed by atoms with E-state index < -0.39 is 6.04 Å². The van der Waals surface area contributed by atoms with Crippen molar-refractivity contribution in [1.29, 1.82) is 0 Å². The second-order valence-corrected chi connectivity index (χ2v) is 4.34. The predicted octanol–water partition coefficient (Wildman–Crippen LogP) is 1.90. The van der Waals surface area contributed by atoms with E-state index in [9.17, 15) is 9.59 Å². The lowest BCUT2D eigenvalue weighted by Gasteiger charge is -2.30. The summed E-state index contributed by atoms with van der Waals surface area (Å²) < 4.78 is 4.95. The lowest BCUT2D eigenvalue weighted by molar-refractivity contribution is -0.153. The molecule has 1 aliphatic rings. The first-order valence-corrected chi connectivity index (χ1v) is 6.23. The van der Waals surface area contributed by atoms with Crippen LogP contribution < -0.4 is 0 Å². The zero-order valence-electron chi connectivity index (χ0n) is 10.7. The van der Waals surface area contributed by atoms with Gasteiger partial charge in [-0.15, -0.1) is 0 Å². The second-order valence-electron chi connectivity index (χ2n) is 4.34. The van der Waals surface area contributed by atoms with Crippen molar-refractivity contribution in [3.63, 3.8) is 0 Å². The number of hydrogen-bond acceptors (Lipinski definition) is 3. The van der Waals surface area contributed by atoms with Gasteiger partial charge in [-0.2, -0.15) is 0 Å². The van der Waals surface area contributed by atoms with Gasteiger partial charge in [0.05, 0.1) is 6.61 Å². The minimum Gasteiger partial charge on any atom is -0.464 e. The number of likely N-dealkylation sites (tertiary alicyclic amines) is 1. The van der Waals surface area contributed by atoms with Gasteiger partial charge in [0.1, 0.15) is 6.04 Å². The highest BCUT2D eigenvalue weighted by Gasteiger charge is 2.28. The van der Waals surface area contributed by atoms with Crippen LogP contribution in [0, 0.1) is 0 Å². The lowest BCUT2D eigenvalue weighted by Crippen LogP contribution is -2.45. The van der Waals surface area contributed by atoms with E-state index in [4.69, 9.17) is 4.74 Å². The fraction of sp³-hybridized carbons (Fsp3) is 0.692. The van der Waals surface area contributed by atoms with Gasteiger partial charge in [-0.25, -0.2) is 4.79 Å². The number of hydrogen-bond donors (Lipinski definition) is 0. The molecule has 1 rings (SSSR count). The minimum absolute atomic E-state index is 0.106. The van der Waals surface area contributed by atoms with Gasteiger partial charge in [-0.05, 0) is 33.1 Å². The molecule has 0 spiro atoms. The number of ether oxygens (including phenoxy) is 1. The third kappa shape index (κ3) is 3.58. The Balaban J connectivity index is 2.73. The van der Waals surface area contributed by atoms with E-state index in [1.54, 1.807) is 18.7 Å². The standard InChI is InChI=1S/C13H21NO3/c1-4-17-13(16)11(3)14-9-7-5-6-8-10(2)12(14)15/h11H,2,4-9H2,1,3H3. The van der Waals surface area contributed by atoms with E-state index >= 15 is 0 Å². The summed E-state index contributed by atoms with van der Waals surface area (Å²) in [6.07, 6.45) is 3.73. The molecule has 0 aromatic rings. The summed E-state index contributed by atoms with van der Waals surface area (Å²) in [5.74, 6) is -0.445. The van der Waals surface area contributed by atoms with E-state index in [0.717, 1.165) is 25.7 Å². The number of carbonyl (C=O) groups excluding carboxylic acids is 2. The number of nitrogens with zero attached hydrogens (tertiary/aromatic N) is 1. The maximum Gasteiger partial charge on any atom is 0.328 e. The van der Waals surface area contributed by atoms with Gasteiger partial charge in [0.2, 0.25) is 5.91 Å². The van der Waals surface area contributed by atoms with Crippen molar-refractivity contribution in [3.05, 3.63) is 12.2 Å². The molecule has 0 N–H and O–H groups in total. The maximum absolute atomic E-state index is 12.1. The van der Waals surface area contributed by atoms with Gasteiger partial charge in [-0.1, -0.05) is 13.0 Å². The fourth-order valence-electron chi connectivity index (χ4n) is 1.97. The molecule has 0 aromatic carbocycles. The van der Waals surface area contributed by atoms with Crippen molar-refractivity contribution >= 4 is 11.9 Å². The number of rotatable bonds is 3. The molecule has 4 nitrogen and oxygen atoms in total. The quantitative estimate of drug-likeness (QED) is 0.558. The molecule has 17 heavy (non-hydrogen) atoms. The van der Waals surface area contributed by atoms with E-state index in [2.05, 4.69) is 6.58 Å². The monoisotopic (exact) mass is 239 g/mol. The van der Waals surface area contributed by atoms with Crippen LogP contribution in [0.25, 0.3) is 0 Å². The van der Waals surface area contributed by atoms with Crippen molar-refractivity contribution < 1.29 is 14.3 Å². The van der Waals surface area contributed by atoms with Crippen LogP contribution in [0.3, 0.4) is 0 Å². The molecule has 1 heterocycles. The van der Waals surface area contributed by atoms with Gasteiger partial charge in [0.25, 0.3) is 0 Å². The Bertz CT molecular complexity index is 312. The minimum atomic E-state index is -0.516. The molecule has 1 unspecified atom stereocenters. The van der Waals surface area contributed by atoms with Crippen LogP contribution in [0.15, 0.2) is 12.2 Å². The van der Waals surface area contributed by atoms with E-state index in [-0.39, 0.29) is 11.9 Å². The van der Waals surface area contributed by atoms with Crippen LogP contribution in [0.5, 0.6) is 0 Å². The summed E-state index contributed by atoms with van der Waals surface area (Å²) in [5.41, 5.74) is 0.598. The SMILES string of the molecule is C=C1CCCCCN(C(C)C(=O)OCC)C1=O. The maximum atomic E-state index is 12.1. The van der Waals surface area contributed by atoms with E-state index in [0.29, 0.717) is 18.7 Å². The summed E-state index contributed by atoms with van der Waals surface area (Å²) in [6, 6.07) is -0.516. The van der Waals surface area contributed by atoms with Crippen LogP contribution in [0.4, 0.5) is 0 Å². The number of esters is 1. The summed E-state index contributed by atoms with van der Waals surface area (Å²) in [6.45, 7) is 8.22. The molecule has 1 amide bonds. The second kappa shape index (κ2) is 6.42. The fourth-order valence-corrected chi connectivity index (χ4v) is 1.97. The average molecular weight is 239 g/mol. The molecular weight excluding hydrogens is 218 g/mol. The largest absolute Gasteiger partial charge is 0.464 e. The van der Waals surface area contributed by atoms with Crippen molar-refractivity contribution in [2.45, 2.75) is 45.6 Å². The van der Waals surface area contributed by atoms with Crippen LogP contribution >= 0.6 is 0 Å². The first kappa shape index (κ1) is 13.7. The highest BCUT2D eigenvalue weighted by Crippen LogP contribution is 2.18. The molecule has 0 radical (unpaired) electrons. The summed E-state index contributed by atoms with van der Waals surface area (Å²) in [5, 5.41) is 0. The number of amides is 1. The van der Waals surface area contributed by atoms with Gasteiger partial charge >= 0.3 is 5.97 Å². The summed E-state index contributed by atoms with van der Waals surface area (Å²) >= 11 is 0. The first-order valence-electron chi connectivity index (χ1n) is 6.23. The summed E-state index contributed by atoms with van der Waals surface area (Å²) in [4.78, 5) is 25.3. The normalized spacial score (nSPS) is 19.5. The molecule has 4 heteroatoms. The Hall–Kier alpha value is -1.32. The topological polar surface area (TPSA) is 46.6 Å². The van der Waals surface area contributed by atoms with Crippen molar-refractivity contribution in [1.82, 2.24) is 4.90 Å². The molecule has 0 aromatic heterocycles. The molecular formula is C13H21NO3.